The molecular weight excluding hydrogens is 225 g/mol. The van der Waals surface area contributed by atoms with E-state index in [1.54, 1.807) is 23.9 Å². The highest BCUT2D eigenvalue weighted by Gasteiger charge is 2.22. The number of hydrogen-bond donors (Lipinski definition) is 1. The van der Waals surface area contributed by atoms with Crippen molar-refractivity contribution >= 4 is 11.8 Å². The van der Waals surface area contributed by atoms with Crippen LogP contribution in [0.2, 0.25) is 0 Å². The molecule has 2 unspecified atom stereocenters. The van der Waals surface area contributed by atoms with Crippen LogP contribution in [0.25, 0.3) is 0 Å². The molecule has 0 saturated carbocycles. The third-order valence-corrected chi connectivity index (χ3v) is 3.98. The summed E-state index contributed by atoms with van der Waals surface area (Å²) in [5, 5.41) is 0. The minimum Gasteiger partial charge on any atom is -0.381 e. The number of halogens is 1. The van der Waals surface area contributed by atoms with Gasteiger partial charge in [0.15, 0.2) is 0 Å². The molecule has 0 aromatic heterocycles. The second-order valence-electron chi connectivity index (χ2n) is 4.05. The lowest BCUT2D eigenvalue weighted by Gasteiger charge is -2.16. The van der Waals surface area contributed by atoms with Crippen molar-refractivity contribution in [2.75, 3.05) is 19.0 Å². The van der Waals surface area contributed by atoms with E-state index in [0.717, 1.165) is 30.3 Å². The molecule has 16 heavy (non-hydrogen) atoms. The van der Waals surface area contributed by atoms with Gasteiger partial charge in [-0.3, -0.25) is 0 Å². The maximum Gasteiger partial charge on any atom is 0.123 e. The van der Waals surface area contributed by atoms with Crippen molar-refractivity contribution in [3.05, 3.63) is 30.1 Å². The van der Waals surface area contributed by atoms with Gasteiger partial charge in [-0.2, -0.15) is 0 Å². The van der Waals surface area contributed by atoms with Gasteiger partial charge in [0, 0.05) is 29.2 Å². The molecule has 1 aromatic carbocycles. The average molecular weight is 241 g/mol. The molecule has 1 saturated heterocycles. The Morgan fingerprint density at radius 3 is 2.81 bits per heavy atom. The molecular formula is C12H16FNOS. The number of hydrogen-bond acceptors (Lipinski definition) is 3. The molecule has 0 spiro atoms. The topological polar surface area (TPSA) is 35.2 Å². The first-order valence-electron chi connectivity index (χ1n) is 5.47. The van der Waals surface area contributed by atoms with Crippen LogP contribution in [-0.4, -0.2) is 25.0 Å². The van der Waals surface area contributed by atoms with Gasteiger partial charge in [-0.25, -0.2) is 4.39 Å². The molecule has 1 aliphatic rings. The summed E-state index contributed by atoms with van der Waals surface area (Å²) in [7, 11) is 0. The lowest BCUT2D eigenvalue weighted by molar-refractivity contribution is 0.182. The van der Waals surface area contributed by atoms with E-state index in [9.17, 15) is 4.39 Å². The molecule has 1 heterocycles. The summed E-state index contributed by atoms with van der Waals surface area (Å²) >= 11 is 1.68. The smallest absolute Gasteiger partial charge is 0.123 e. The summed E-state index contributed by atoms with van der Waals surface area (Å²) in [5.41, 5.74) is 6.08. The number of benzene rings is 1. The Labute approximate surface area is 99.4 Å². The normalized spacial score (nSPS) is 22.2. The van der Waals surface area contributed by atoms with Crippen LogP contribution in [-0.2, 0) is 4.74 Å². The highest BCUT2D eigenvalue weighted by atomic mass is 32.2. The van der Waals surface area contributed by atoms with Gasteiger partial charge >= 0.3 is 0 Å². The molecule has 0 amide bonds. The third-order valence-electron chi connectivity index (χ3n) is 2.83. The largest absolute Gasteiger partial charge is 0.381 e. The van der Waals surface area contributed by atoms with Crippen LogP contribution in [0.1, 0.15) is 6.42 Å². The van der Waals surface area contributed by atoms with Crippen LogP contribution >= 0.6 is 11.8 Å². The van der Waals surface area contributed by atoms with E-state index in [4.69, 9.17) is 10.5 Å². The van der Waals surface area contributed by atoms with Crippen molar-refractivity contribution in [1.29, 1.82) is 0 Å². The molecule has 88 valence electrons. The van der Waals surface area contributed by atoms with E-state index in [1.807, 2.05) is 0 Å². The van der Waals surface area contributed by atoms with Gasteiger partial charge < -0.3 is 10.5 Å². The lowest BCUT2D eigenvalue weighted by atomic mass is 10.0. The molecule has 1 fully saturated rings. The Morgan fingerprint density at radius 2 is 2.19 bits per heavy atom. The van der Waals surface area contributed by atoms with Gasteiger partial charge in [-0.05, 0) is 30.7 Å². The molecule has 1 aromatic rings. The quantitative estimate of drug-likeness (QED) is 0.821. The first-order valence-corrected chi connectivity index (χ1v) is 6.46. The molecule has 0 radical (unpaired) electrons. The van der Waals surface area contributed by atoms with Gasteiger partial charge in [-0.15, -0.1) is 11.8 Å². The molecule has 2 nitrogen and oxygen atoms in total. The van der Waals surface area contributed by atoms with Gasteiger partial charge in [0.25, 0.3) is 0 Å². The maximum absolute atomic E-state index is 12.7. The van der Waals surface area contributed by atoms with E-state index < -0.39 is 0 Å². The lowest BCUT2D eigenvalue weighted by Crippen LogP contribution is -2.32. The predicted molar refractivity (Wildman–Crippen MR) is 64.0 cm³/mol. The van der Waals surface area contributed by atoms with Crippen molar-refractivity contribution < 1.29 is 9.13 Å². The summed E-state index contributed by atoms with van der Waals surface area (Å²) < 4.78 is 18.0. The Balaban J connectivity index is 1.80. The minimum atomic E-state index is -0.196. The van der Waals surface area contributed by atoms with E-state index in [0.29, 0.717) is 5.92 Å². The van der Waals surface area contributed by atoms with Gasteiger partial charge in [0.2, 0.25) is 0 Å². The number of thioether (sulfide) groups is 1. The maximum atomic E-state index is 12.7. The van der Waals surface area contributed by atoms with Crippen molar-refractivity contribution in [2.45, 2.75) is 17.4 Å². The Bertz CT molecular complexity index is 324. The molecule has 4 heteroatoms. The SMILES string of the molecule is NC(CSc1ccc(F)cc1)C1CCOC1. The molecule has 2 atom stereocenters. The van der Waals surface area contributed by atoms with Gasteiger partial charge in [0.1, 0.15) is 5.82 Å². The van der Waals surface area contributed by atoms with Gasteiger partial charge in [-0.1, -0.05) is 0 Å². The van der Waals surface area contributed by atoms with Crippen LogP contribution in [0, 0.1) is 11.7 Å². The van der Waals surface area contributed by atoms with Crippen LogP contribution in [0.3, 0.4) is 0 Å². The highest BCUT2D eigenvalue weighted by molar-refractivity contribution is 7.99. The van der Waals surface area contributed by atoms with Crippen LogP contribution < -0.4 is 5.73 Å². The highest BCUT2D eigenvalue weighted by Crippen LogP contribution is 2.23. The first-order chi connectivity index (χ1) is 7.75. The zero-order chi connectivity index (χ0) is 11.4. The van der Waals surface area contributed by atoms with Crippen molar-refractivity contribution in [3.63, 3.8) is 0 Å². The summed E-state index contributed by atoms with van der Waals surface area (Å²) in [5.74, 6) is 1.14. The summed E-state index contributed by atoms with van der Waals surface area (Å²) in [4.78, 5) is 1.07. The number of nitrogens with two attached hydrogens (primary N) is 1. The second-order valence-corrected chi connectivity index (χ2v) is 5.15. The summed E-state index contributed by atoms with van der Waals surface area (Å²) in [6, 6.07) is 6.70. The van der Waals surface area contributed by atoms with E-state index in [-0.39, 0.29) is 11.9 Å². The molecule has 1 aliphatic heterocycles. The Morgan fingerprint density at radius 1 is 1.44 bits per heavy atom. The monoisotopic (exact) mass is 241 g/mol. The van der Waals surface area contributed by atoms with Crippen LogP contribution in [0.15, 0.2) is 29.2 Å². The van der Waals surface area contributed by atoms with E-state index in [1.165, 1.54) is 12.1 Å². The fraction of sp³-hybridized carbons (Fsp3) is 0.500. The van der Waals surface area contributed by atoms with Crippen LogP contribution in [0.5, 0.6) is 0 Å². The summed E-state index contributed by atoms with van der Waals surface area (Å²) in [6.45, 7) is 1.62. The van der Waals surface area contributed by atoms with Crippen molar-refractivity contribution in [3.8, 4) is 0 Å². The Kier molecular flexibility index (Phi) is 4.21. The fourth-order valence-corrected chi connectivity index (χ4v) is 2.74. The fourth-order valence-electron chi connectivity index (χ4n) is 1.75. The minimum absolute atomic E-state index is 0.164. The molecule has 2 rings (SSSR count). The standard InChI is InChI=1S/C12H16FNOS/c13-10-1-3-11(4-2-10)16-8-12(14)9-5-6-15-7-9/h1-4,9,12H,5-8,14H2. The van der Waals surface area contributed by atoms with Crippen molar-refractivity contribution in [1.82, 2.24) is 0 Å². The molecule has 2 N–H and O–H groups in total. The second kappa shape index (κ2) is 5.66. The zero-order valence-electron chi connectivity index (χ0n) is 9.06. The van der Waals surface area contributed by atoms with Crippen molar-refractivity contribution in [2.24, 2.45) is 11.7 Å². The first kappa shape index (κ1) is 11.9. The number of rotatable bonds is 4. The third kappa shape index (κ3) is 3.20. The van der Waals surface area contributed by atoms with Gasteiger partial charge in [0.05, 0.1) is 6.61 Å². The number of ether oxygens (including phenoxy) is 1. The Hall–Kier alpha value is -0.580. The molecule has 0 aliphatic carbocycles. The zero-order valence-corrected chi connectivity index (χ0v) is 9.88. The van der Waals surface area contributed by atoms with E-state index in [2.05, 4.69) is 0 Å². The average Bonchev–Trinajstić information content (AvgIpc) is 2.81. The van der Waals surface area contributed by atoms with E-state index >= 15 is 0 Å². The predicted octanol–water partition coefficient (Wildman–Crippen LogP) is 2.28. The van der Waals surface area contributed by atoms with Crippen LogP contribution in [0.4, 0.5) is 4.39 Å². The molecule has 0 bridgehead atoms. The summed E-state index contributed by atoms with van der Waals surface area (Å²) in [6.07, 6.45) is 1.06.